The molecule has 1 aliphatic rings. The van der Waals surface area contributed by atoms with Gasteiger partial charge in [0.05, 0.1) is 17.5 Å². The van der Waals surface area contributed by atoms with E-state index in [0.717, 1.165) is 37.0 Å². The summed E-state index contributed by atoms with van der Waals surface area (Å²) in [4.78, 5) is 23.0. The van der Waals surface area contributed by atoms with Crippen LogP contribution in [0.15, 0.2) is 18.5 Å². The lowest BCUT2D eigenvalue weighted by molar-refractivity contribution is 0.102. The lowest BCUT2D eigenvalue weighted by atomic mass is 9.97. The number of nitrogens with one attached hydrogen (secondary N) is 2. The Balaban J connectivity index is 0.00000225. The van der Waals surface area contributed by atoms with Crippen LogP contribution in [0.4, 0.5) is 5.13 Å². The molecule has 0 unspecified atom stereocenters. The SMILES string of the molecule is Cc1nc2c(cnn2C(C)C)cc1C(=O)Nc1ncc(C2CCNCC2)s1.Cl. The highest BCUT2D eigenvalue weighted by Crippen LogP contribution is 2.32. The smallest absolute Gasteiger partial charge is 0.259 e. The van der Waals surface area contributed by atoms with Crippen LogP contribution >= 0.6 is 23.7 Å². The summed E-state index contributed by atoms with van der Waals surface area (Å²) in [6.07, 6.45) is 5.90. The van der Waals surface area contributed by atoms with E-state index in [2.05, 4.69) is 39.5 Å². The Bertz CT molecular complexity index is 976. The van der Waals surface area contributed by atoms with Gasteiger partial charge >= 0.3 is 0 Å². The number of halogens is 1. The molecule has 7 nitrogen and oxygen atoms in total. The molecule has 1 amide bonds. The number of aryl methyl sites for hydroxylation is 1. The molecular weight excluding hydrogens is 396 g/mol. The molecule has 1 aliphatic heterocycles. The summed E-state index contributed by atoms with van der Waals surface area (Å²) in [5.41, 5.74) is 2.06. The molecule has 0 spiro atoms. The number of rotatable bonds is 4. The van der Waals surface area contributed by atoms with Gasteiger partial charge in [-0.05, 0) is 58.7 Å². The van der Waals surface area contributed by atoms with Gasteiger partial charge in [-0.2, -0.15) is 5.10 Å². The molecule has 0 aliphatic carbocycles. The monoisotopic (exact) mass is 420 g/mol. The summed E-state index contributed by atoms with van der Waals surface area (Å²) in [5, 5.41) is 12.2. The lowest BCUT2D eigenvalue weighted by Crippen LogP contribution is -2.26. The summed E-state index contributed by atoms with van der Waals surface area (Å²) in [5.74, 6) is 0.362. The first-order valence-electron chi connectivity index (χ1n) is 9.35. The van der Waals surface area contributed by atoms with Crippen LogP contribution in [-0.2, 0) is 0 Å². The molecule has 3 aromatic rings. The highest BCUT2D eigenvalue weighted by atomic mass is 35.5. The van der Waals surface area contributed by atoms with E-state index in [9.17, 15) is 4.79 Å². The Labute approximate surface area is 174 Å². The Hall–Kier alpha value is -2.03. The van der Waals surface area contributed by atoms with Gasteiger partial charge in [0.15, 0.2) is 10.8 Å². The second-order valence-electron chi connectivity index (χ2n) is 7.26. The van der Waals surface area contributed by atoms with E-state index in [1.54, 1.807) is 17.5 Å². The van der Waals surface area contributed by atoms with Crippen LogP contribution in [0.3, 0.4) is 0 Å². The quantitative estimate of drug-likeness (QED) is 0.668. The minimum atomic E-state index is -0.176. The topological polar surface area (TPSA) is 84.7 Å². The fourth-order valence-electron chi connectivity index (χ4n) is 3.48. The second-order valence-corrected chi connectivity index (χ2v) is 8.33. The van der Waals surface area contributed by atoms with Gasteiger partial charge in [-0.3, -0.25) is 10.1 Å². The van der Waals surface area contributed by atoms with Crippen LogP contribution in [0.1, 0.15) is 59.6 Å². The molecule has 28 heavy (non-hydrogen) atoms. The third-order valence-electron chi connectivity index (χ3n) is 4.98. The van der Waals surface area contributed by atoms with Crippen LogP contribution in [0.5, 0.6) is 0 Å². The van der Waals surface area contributed by atoms with Crippen molar-refractivity contribution >= 4 is 45.8 Å². The zero-order valence-corrected chi connectivity index (χ0v) is 17.9. The highest BCUT2D eigenvalue weighted by molar-refractivity contribution is 7.15. The molecule has 0 atom stereocenters. The number of thiazole rings is 1. The molecule has 1 fully saturated rings. The number of pyridine rings is 1. The first-order chi connectivity index (χ1) is 13.0. The van der Waals surface area contributed by atoms with Crippen molar-refractivity contribution in [2.24, 2.45) is 0 Å². The largest absolute Gasteiger partial charge is 0.317 e. The lowest BCUT2D eigenvalue weighted by Gasteiger charge is -2.20. The normalized spacial score (nSPS) is 15.0. The van der Waals surface area contributed by atoms with Crippen molar-refractivity contribution in [1.29, 1.82) is 0 Å². The Morgan fingerprint density at radius 2 is 2.07 bits per heavy atom. The Morgan fingerprint density at radius 3 is 2.79 bits per heavy atom. The van der Waals surface area contributed by atoms with Crippen LogP contribution in [0, 0.1) is 6.92 Å². The minimum absolute atomic E-state index is 0. The van der Waals surface area contributed by atoms with E-state index in [1.807, 2.05) is 23.9 Å². The zero-order valence-electron chi connectivity index (χ0n) is 16.2. The predicted molar refractivity (Wildman–Crippen MR) is 115 cm³/mol. The van der Waals surface area contributed by atoms with E-state index in [4.69, 9.17) is 0 Å². The number of nitrogens with zero attached hydrogens (tertiary/aromatic N) is 4. The van der Waals surface area contributed by atoms with Gasteiger partial charge < -0.3 is 5.32 Å². The van der Waals surface area contributed by atoms with E-state index < -0.39 is 0 Å². The summed E-state index contributed by atoms with van der Waals surface area (Å²) < 4.78 is 1.87. The summed E-state index contributed by atoms with van der Waals surface area (Å²) in [6.45, 7) is 8.06. The molecule has 9 heteroatoms. The Kier molecular flexibility index (Phi) is 6.32. The number of anilines is 1. The first kappa shape index (κ1) is 20.7. The molecule has 1 saturated heterocycles. The average Bonchev–Trinajstić information content (AvgIpc) is 3.28. The summed E-state index contributed by atoms with van der Waals surface area (Å²) >= 11 is 1.57. The van der Waals surface area contributed by atoms with Gasteiger partial charge in [-0.15, -0.1) is 23.7 Å². The first-order valence-corrected chi connectivity index (χ1v) is 10.2. The van der Waals surface area contributed by atoms with Gasteiger partial charge in [0.25, 0.3) is 5.91 Å². The highest BCUT2D eigenvalue weighted by Gasteiger charge is 2.20. The van der Waals surface area contributed by atoms with Gasteiger partial charge in [-0.25, -0.2) is 14.6 Å². The number of hydrogen-bond donors (Lipinski definition) is 2. The van der Waals surface area contributed by atoms with Crippen molar-refractivity contribution in [2.75, 3.05) is 18.4 Å². The van der Waals surface area contributed by atoms with Gasteiger partial charge in [-0.1, -0.05) is 0 Å². The number of carbonyl (C=O) groups excluding carboxylic acids is 1. The molecule has 0 radical (unpaired) electrons. The molecule has 4 rings (SSSR count). The van der Waals surface area contributed by atoms with Crippen molar-refractivity contribution in [3.63, 3.8) is 0 Å². The zero-order chi connectivity index (χ0) is 19.0. The van der Waals surface area contributed by atoms with Crippen molar-refractivity contribution in [3.05, 3.63) is 34.6 Å². The molecule has 0 saturated carbocycles. The number of piperidine rings is 1. The molecule has 0 aromatic carbocycles. The van der Waals surface area contributed by atoms with Crippen molar-refractivity contribution < 1.29 is 4.79 Å². The maximum Gasteiger partial charge on any atom is 0.259 e. The third-order valence-corrected chi connectivity index (χ3v) is 6.05. The number of amides is 1. The summed E-state index contributed by atoms with van der Waals surface area (Å²) in [7, 11) is 0. The van der Waals surface area contributed by atoms with E-state index in [0.29, 0.717) is 22.3 Å². The third kappa shape index (κ3) is 4.04. The molecule has 150 valence electrons. The average molecular weight is 421 g/mol. The number of hydrogen-bond acceptors (Lipinski definition) is 6. The maximum absolute atomic E-state index is 12.8. The van der Waals surface area contributed by atoms with Gasteiger partial charge in [0.2, 0.25) is 0 Å². The predicted octanol–water partition coefficient (Wildman–Crippen LogP) is 3.92. The minimum Gasteiger partial charge on any atom is -0.317 e. The van der Waals surface area contributed by atoms with Crippen LogP contribution in [-0.4, -0.2) is 38.7 Å². The second kappa shape index (κ2) is 8.55. The van der Waals surface area contributed by atoms with Crippen LogP contribution in [0.25, 0.3) is 11.0 Å². The fourth-order valence-corrected chi connectivity index (χ4v) is 4.46. The van der Waals surface area contributed by atoms with Gasteiger partial charge in [0, 0.05) is 22.5 Å². The number of carbonyl (C=O) groups is 1. The van der Waals surface area contributed by atoms with E-state index in [-0.39, 0.29) is 24.4 Å². The van der Waals surface area contributed by atoms with Crippen LogP contribution in [0.2, 0.25) is 0 Å². The maximum atomic E-state index is 12.8. The van der Waals surface area contributed by atoms with Crippen molar-refractivity contribution in [2.45, 2.75) is 45.6 Å². The molecule has 0 bridgehead atoms. The molecule has 3 aromatic heterocycles. The fraction of sp³-hybridized carbons (Fsp3) is 0.474. The van der Waals surface area contributed by atoms with E-state index in [1.165, 1.54) is 4.88 Å². The van der Waals surface area contributed by atoms with Gasteiger partial charge in [0.1, 0.15) is 0 Å². The number of aromatic nitrogens is 4. The molecular formula is C19H25ClN6OS. The van der Waals surface area contributed by atoms with E-state index >= 15 is 0 Å². The van der Waals surface area contributed by atoms with Crippen LogP contribution < -0.4 is 10.6 Å². The molecule has 2 N–H and O–H groups in total. The summed E-state index contributed by atoms with van der Waals surface area (Å²) in [6, 6.07) is 2.08. The van der Waals surface area contributed by atoms with Crippen molar-refractivity contribution in [1.82, 2.24) is 25.1 Å². The Morgan fingerprint density at radius 1 is 1.32 bits per heavy atom. The molecule has 4 heterocycles. The number of fused-ring (bicyclic) bond motifs is 1. The standard InChI is InChI=1S/C19H24N6OS.ClH/c1-11(2)25-17-14(9-22-25)8-15(12(3)23-17)18(26)24-19-21-10-16(27-19)13-4-6-20-7-5-13;/h8-11,13,20H,4-7H2,1-3H3,(H,21,24,26);1H. The van der Waals surface area contributed by atoms with Crippen molar-refractivity contribution in [3.8, 4) is 0 Å².